The van der Waals surface area contributed by atoms with Crippen LogP contribution in [0.5, 0.6) is 0 Å². The first-order chi connectivity index (χ1) is 8.11. The number of likely N-dealkylation sites (tertiary alicyclic amines) is 1. The molecule has 5 heteroatoms. The van der Waals surface area contributed by atoms with Gasteiger partial charge in [0.05, 0.1) is 5.69 Å². The van der Waals surface area contributed by atoms with E-state index in [-0.39, 0.29) is 5.91 Å². The number of carbonyl (C=O) groups is 1. The van der Waals surface area contributed by atoms with E-state index < -0.39 is 0 Å². The molecule has 94 valence electrons. The van der Waals surface area contributed by atoms with E-state index in [0.717, 1.165) is 25.9 Å². The first-order valence-corrected chi connectivity index (χ1v) is 6.20. The quantitative estimate of drug-likeness (QED) is 0.841. The van der Waals surface area contributed by atoms with E-state index >= 15 is 0 Å². The van der Waals surface area contributed by atoms with E-state index in [9.17, 15) is 4.79 Å². The lowest BCUT2D eigenvalue weighted by Crippen LogP contribution is -2.40. The molecule has 1 saturated heterocycles. The molecular weight excluding hydrogens is 216 g/mol. The summed E-state index contributed by atoms with van der Waals surface area (Å²) in [6, 6.07) is 0. The van der Waals surface area contributed by atoms with Crippen LogP contribution >= 0.6 is 0 Å². The molecule has 5 nitrogen and oxygen atoms in total. The molecule has 0 aromatic carbocycles. The third-order valence-electron chi connectivity index (χ3n) is 3.44. The van der Waals surface area contributed by atoms with Gasteiger partial charge in [0.1, 0.15) is 0 Å². The zero-order valence-corrected chi connectivity index (χ0v) is 10.5. The Morgan fingerprint density at radius 3 is 3.00 bits per heavy atom. The Morgan fingerprint density at radius 2 is 2.41 bits per heavy atom. The Hall–Kier alpha value is -1.52. The highest BCUT2D eigenvalue weighted by Crippen LogP contribution is 2.21. The molecular formula is C12H20N4O. The van der Waals surface area contributed by atoms with E-state index in [1.165, 1.54) is 6.42 Å². The van der Waals surface area contributed by atoms with Crippen molar-refractivity contribution in [2.45, 2.75) is 26.2 Å². The largest absolute Gasteiger partial charge is 0.396 e. The predicted octanol–water partition coefficient (Wildman–Crippen LogP) is 1.26. The molecule has 1 unspecified atom stereocenters. The first kappa shape index (κ1) is 12.0. The van der Waals surface area contributed by atoms with Gasteiger partial charge in [-0.1, -0.05) is 13.3 Å². The topological polar surface area (TPSA) is 64.2 Å². The summed E-state index contributed by atoms with van der Waals surface area (Å²) in [5.74, 6) is 0.596. The van der Waals surface area contributed by atoms with Gasteiger partial charge in [-0.15, -0.1) is 0 Å². The van der Waals surface area contributed by atoms with E-state index in [2.05, 4.69) is 12.0 Å². The molecule has 0 saturated carbocycles. The second kappa shape index (κ2) is 4.77. The van der Waals surface area contributed by atoms with Crippen molar-refractivity contribution in [1.29, 1.82) is 0 Å². The summed E-state index contributed by atoms with van der Waals surface area (Å²) in [5.41, 5.74) is 6.65. The summed E-state index contributed by atoms with van der Waals surface area (Å²) < 4.78 is 1.59. The number of nitrogen functional groups attached to an aromatic ring is 1. The van der Waals surface area contributed by atoms with Gasteiger partial charge in [0.25, 0.3) is 5.91 Å². The fourth-order valence-corrected chi connectivity index (χ4v) is 2.41. The average Bonchev–Trinajstić information content (AvgIpc) is 2.67. The van der Waals surface area contributed by atoms with Crippen molar-refractivity contribution in [3.8, 4) is 0 Å². The molecule has 1 fully saturated rings. The lowest BCUT2D eigenvalue weighted by molar-refractivity contribution is 0.0665. The van der Waals surface area contributed by atoms with Crippen LogP contribution in [0.4, 0.5) is 5.69 Å². The smallest absolute Gasteiger partial charge is 0.276 e. The fraction of sp³-hybridized carbons (Fsp3) is 0.667. The number of rotatable bonds is 2. The Kier molecular flexibility index (Phi) is 3.36. The number of hydrogen-bond donors (Lipinski definition) is 1. The molecule has 1 atom stereocenters. The Bertz CT molecular complexity index is 413. The number of aryl methyl sites for hydroxylation is 1. The average molecular weight is 236 g/mol. The lowest BCUT2D eigenvalue weighted by atomic mass is 9.95. The molecule has 0 bridgehead atoms. The number of aromatic nitrogens is 2. The van der Waals surface area contributed by atoms with Crippen molar-refractivity contribution in [3.63, 3.8) is 0 Å². The van der Waals surface area contributed by atoms with E-state index in [1.54, 1.807) is 17.9 Å². The number of carbonyl (C=O) groups excluding carboxylic acids is 1. The molecule has 2 N–H and O–H groups in total. The van der Waals surface area contributed by atoms with Crippen molar-refractivity contribution < 1.29 is 4.79 Å². The van der Waals surface area contributed by atoms with Gasteiger partial charge < -0.3 is 10.6 Å². The third-order valence-corrected chi connectivity index (χ3v) is 3.44. The standard InChI is InChI=1S/C12H20N4O/c1-3-9-5-4-6-16(7-9)12(17)11-10(13)8-15(2)14-11/h8-9H,3-7,13H2,1-2H3. The van der Waals surface area contributed by atoms with Crippen LogP contribution < -0.4 is 5.73 Å². The normalized spacial score (nSPS) is 20.6. The van der Waals surface area contributed by atoms with Crippen LogP contribution in [0, 0.1) is 5.92 Å². The van der Waals surface area contributed by atoms with Gasteiger partial charge in [0.2, 0.25) is 0 Å². The minimum atomic E-state index is -0.0266. The van der Waals surface area contributed by atoms with Crippen molar-refractivity contribution >= 4 is 11.6 Å². The number of amides is 1. The maximum Gasteiger partial charge on any atom is 0.276 e. The van der Waals surface area contributed by atoms with Crippen LogP contribution in [0.15, 0.2) is 6.20 Å². The van der Waals surface area contributed by atoms with E-state index in [1.807, 2.05) is 4.90 Å². The molecule has 17 heavy (non-hydrogen) atoms. The van der Waals surface area contributed by atoms with Crippen molar-refractivity contribution in [2.24, 2.45) is 13.0 Å². The van der Waals surface area contributed by atoms with Gasteiger partial charge in [0, 0.05) is 26.3 Å². The summed E-state index contributed by atoms with van der Waals surface area (Å²) >= 11 is 0. The van der Waals surface area contributed by atoms with Gasteiger partial charge in [0.15, 0.2) is 5.69 Å². The van der Waals surface area contributed by atoms with Crippen molar-refractivity contribution in [1.82, 2.24) is 14.7 Å². The first-order valence-electron chi connectivity index (χ1n) is 6.20. The molecule has 1 aromatic rings. The van der Waals surface area contributed by atoms with Gasteiger partial charge in [-0.25, -0.2) is 0 Å². The second-order valence-electron chi connectivity index (χ2n) is 4.77. The zero-order valence-electron chi connectivity index (χ0n) is 10.5. The highest BCUT2D eigenvalue weighted by Gasteiger charge is 2.26. The molecule has 2 rings (SSSR count). The summed E-state index contributed by atoms with van der Waals surface area (Å²) in [7, 11) is 1.78. The number of nitrogens with zero attached hydrogens (tertiary/aromatic N) is 3. The number of piperidine rings is 1. The van der Waals surface area contributed by atoms with E-state index in [0.29, 0.717) is 17.3 Å². The van der Waals surface area contributed by atoms with Gasteiger partial charge >= 0.3 is 0 Å². The Morgan fingerprint density at radius 1 is 1.65 bits per heavy atom. The van der Waals surface area contributed by atoms with Crippen molar-refractivity contribution in [2.75, 3.05) is 18.8 Å². The Labute approximate surface area is 102 Å². The van der Waals surface area contributed by atoms with Crippen LogP contribution in [0.1, 0.15) is 36.7 Å². The van der Waals surface area contributed by atoms with Crippen LogP contribution in [0.25, 0.3) is 0 Å². The summed E-state index contributed by atoms with van der Waals surface area (Å²) in [5, 5.41) is 4.14. The molecule has 1 aliphatic heterocycles. The highest BCUT2D eigenvalue weighted by atomic mass is 16.2. The second-order valence-corrected chi connectivity index (χ2v) is 4.77. The molecule has 1 aliphatic rings. The SMILES string of the molecule is CCC1CCCN(C(=O)c2nn(C)cc2N)C1. The molecule has 0 radical (unpaired) electrons. The summed E-state index contributed by atoms with van der Waals surface area (Å²) in [6.07, 6.45) is 5.10. The minimum Gasteiger partial charge on any atom is -0.396 e. The monoisotopic (exact) mass is 236 g/mol. The fourth-order valence-electron chi connectivity index (χ4n) is 2.41. The predicted molar refractivity (Wildman–Crippen MR) is 66.5 cm³/mol. The number of anilines is 1. The zero-order chi connectivity index (χ0) is 12.4. The molecule has 0 aliphatic carbocycles. The molecule has 2 heterocycles. The number of nitrogens with two attached hydrogens (primary N) is 1. The van der Waals surface area contributed by atoms with Crippen LogP contribution in [-0.4, -0.2) is 33.7 Å². The van der Waals surface area contributed by atoms with Gasteiger partial charge in [-0.05, 0) is 18.8 Å². The summed E-state index contributed by atoms with van der Waals surface area (Å²) in [4.78, 5) is 14.2. The van der Waals surface area contributed by atoms with Gasteiger partial charge in [-0.2, -0.15) is 5.10 Å². The van der Waals surface area contributed by atoms with Crippen molar-refractivity contribution in [3.05, 3.63) is 11.9 Å². The van der Waals surface area contributed by atoms with Crippen LogP contribution in [0.3, 0.4) is 0 Å². The Balaban J connectivity index is 2.12. The maximum atomic E-state index is 12.3. The third kappa shape index (κ3) is 2.43. The van der Waals surface area contributed by atoms with Gasteiger partial charge in [-0.3, -0.25) is 9.48 Å². The minimum absolute atomic E-state index is 0.0266. The maximum absolute atomic E-state index is 12.3. The molecule has 0 spiro atoms. The molecule has 1 aromatic heterocycles. The number of hydrogen-bond acceptors (Lipinski definition) is 3. The molecule has 1 amide bonds. The highest BCUT2D eigenvalue weighted by molar-refractivity contribution is 5.97. The summed E-state index contributed by atoms with van der Waals surface area (Å²) in [6.45, 7) is 3.84. The lowest BCUT2D eigenvalue weighted by Gasteiger charge is -2.31. The van der Waals surface area contributed by atoms with Crippen LogP contribution in [-0.2, 0) is 7.05 Å². The van der Waals surface area contributed by atoms with Crippen LogP contribution in [0.2, 0.25) is 0 Å². The van der Waals surface area contributed by atoms with E-state index in [4.69, 9.17) is 5.73 Å².